The first-order valence-electron chi connectivity index (χ1n) is 8.90. The average Bonchev–Trinajstić information content (AvgIpc) is 3.09. The summed E-state index contributed by atoms with van der Waals surface area (Å²) in [6.45, 7) is 3.56. The first-order valence-corrected chi connectivity index (χ1v) is 9.28. The topological polar surface area (TPSA) is 94.7 Å². The van der Waals surface area contributed by atoms with Crippen LogP contribution in [0.1, 0.15) is 21.7 Å². The van der Waals surface area contributed by atoms with Gasteiger partial charge in [0.1, 0.15) is 17.0 Å². The molecule has 1 N–H and O–H groups in total. The molecule has 0 radical (unpaired) electrons. The minimum absolute atomic E-state index is 0.00798. The molecule has 3 aromatic heterocycles. The van der Waals surface area contributed by atoms with Crippen LogP contribution in [0.3, 0.4) is 0 Å². The molecule has 0 atom stereocenters. The van der Waals surface area contributed by atoms with Crippen molar-refractivity contribution in [3.05, 3.63) is 74.8 Å². The van der Waals surface area contributed by atoms with E-state index in [9.17, 15) is 14.0 Å². The average molecular weight is 427 g/mol. The van der Waals surface area contributed by atoms with Gasteiger partial charge in [-0.2, -0.15) is 5.10 Å². The molecule has 0 fully saturated rings. The van der Waals surface area contributed by atoms with Gasteiger partial charge in [-0.1, -0.05) is 11.6 Å². The Balaban J connectivity index is 1.97. The van der Waals surface area contributed by atoms with E-state index in [0.717, 1.165) is 11.6 Å². The van der Waals surface area contributed by atoms with E-state index in [2.05, 4.69) is 20.4 Å². The van der Waals surface area contributed by atoms with E-state index in [4.69, 9.17) is 11.6 Å². The van der Waals surface area contributed by atoms with Crippen molar-refractivity contribution in [1.29, 1.82) is 0 Å². The molecule has 4 rings (SSSR count). The Bertz CT molecular complexity index is 1380. The van der Waals surface area contributed by atoms with Gasteiger partial charge in [-0.25, -0.2) is 19.0 Å². The quantitative estimate of drug-likeness (QED) is 0.543. The van der Waals surface area contributed by atoms with Crippen LogP contribution in [0.5, 0.6) is 0 Å². The third kappa shape index (κ3) is 3.43. The molecule has 4 aromatic rings. The second-order valence-electron chi connectivity index (χ2n) is 6.82. The van der Waals surface area contributed by atoms with Crippen LogP contribution in [0.4, 0.5) is 10.2 Å². The van der Waals surface area contributed by atoms with Crippen molar-refractivity contribution in [3.63, 3.8) is 0 Å². The number of carbonyl (C=O) groups excluding carboxylic acids is 1. The van der Waals surface area contributed by atoms with E-state index in [1.54, 1.807) is 30.8 Å². The number of fused-ring (bicyclic) bond motifs is 1. The van der Waals surface area contributed by atoms with Gasteiger partial charge >= 0.3 is 0 Å². The second-order valence-corrected chi connectivity index (χ2v) is 7.26. The van der Waals surface area contributed by atoms with Crippen LogP contribution in [0.2, 0.25) is 5.02 Å². The van der Waals surface area contributed by atoms with Gasteiger partial charge in [0, 0.05) is 24.0 Å². The molecule has 0 aliphatic rings. The molecule has 1 amide bonds. The van der Waals surface area contributed by atoms with E-state index in [-0.39, 0.29) is 27.6 Å². The predicted octanol–water partition coefficient (Wildman–Crippen LogP) is 3.18. The van der Waals surface area contributed by atoms with Crippen LogP contribution in [-0.2, 0) is 7.05 Å². The van der Waals surface area contributed by atoms with Gasteiger partial charge in [-0.15, -0.1) is 0 Å². The van der Waals surface area contributed by atoms with Crippen LogP contribution in [0.25, 0.3) is 16.7 Å². The van der Waals surface area contributed by atoms with E-state index >= 15 is 0 Å². The molecule has 8 nitrogen and oxygen atoms in total. The van der Waals surface area contributed by atoms with Crippen LogP contribution < -0.4 is 10.7 Å². The minimum atomic E-state index is -0.774. The highest BCUT2D eigenvalue weighted by molar-refractivity contribution is 6.30. The number of imidazole rings is 1. The Morgan fingerprint density at radius 2 is 2.00 bits per heavy atom. The van der Waals surface area contributed by atoms with Crippen molar-refractivity contribution in [2.45, 2.75) is 13.8 Å². The lowest BCUT2D eigenvalue weighted by Gasteiger charge is -2.14. The van der Waals surface area contributed by atoms with Gasteiger partial charge in [0.2, 0.25) is 5.43 Å². The monoisotopic (exact) mass is 426 g/mol. The summed E-state index contributed by atoms with van der Waals surface area (Å²) in [5, 5.41) is 6.90. The van der Waals surface area contributed by atoms with Crippen molar-refractivity contribution in [2.24, 2.45) is 7.05 Å². The lowest BCUT2D eigenvalue weighted by Crippen LogP contribution is -2.28. The van der Waals surface area contributed by atoms with Crippen molar-refractivity contribution in [3.8, 4) is 5.69 Å². The van der Waals surface area contributed by atoms with Crippen molar-refractivity contribution in [2.75, 3.05) is 5.32 Å². The number of nitrogens with one attached hydrogen (secondary N) is 1. The van der Waals surface area contributed by atoms with Gasteiger partial charge in [0.05, 0.1) is 11.8 Å². The number of amides is 1. The summed E-state index contributed by atoms with van der Waals surface area (Å²) in [6, 6.07) is 5.73. The summed E-state index contributed by atoms with van der Waals surface area (Å²) < 4.78 is 17.5. The molecular weight excluding hydrogens is 411 g/mol. The highest BCUT2D eigenvalue weighted by atomic mass is 35.5. The number of nitrogens with zero attached hydrogens (tertiary/aromatic N) is 5. The van der Waals surface area contributed by atoms with Crippen LogP contribution in [-0.4, -0.2) is 30.2 Å². The lowest BCUT2D eigenvalue weighted by atomic mass is 10.1. The molecule has 0 bridgehead atoms. The third-order valence-corrected chi connectivity index (χ3v) is 4.84. The number of benzene rings is 1. The maximum atomic E-state index is 14.7. The zero-order valence-electron chi connectivity index (χ0n) is 16.3. The molecule has 0 unspecified atom stereocenters. The molecule has 0 spiro atoms. The van der Waals surface area contributed by atoms with E-state index in [0.29, 0.717) is 5.69 Å². The number of halogens is 2. The van der Waals surface area contributed by atoms with Gasteiger partial charge < -0.3 is 9.88 Å². The van der Waals surface area contributed by atoms with Crippen molar-refractivity contribution in [1.82, 2.24) is 24.3 Å². The minimum Gasteiger partial charge on any atom is -0.338 e. The largest absolute Gasteiger partial charge is 0.338 e. The lowest BCUT2D eigenvalue weighted by molar-refractivity contribution is 0.101. The zero-order chi connectivity index (χ0) is 21.6. The highest BCUT2D eigenvalue weighted by Crippen LogP contribution is 2.22. The van der Waals surface area contributed by atoms with Gasteiger partial charge in [-0.3, -0.25) is 9.59 Å². The van der Waals surface area contributed by atoms with Crippen molar-refractivity contribution < 1.29 is 9.18 Å². The number of hydrogen-bond acceptors (Lipinski definition) is 5. The third-order valence-electron chi connectivity index (χ3n) is 4.60. The highest BCUT2D eigenvalue weighted by Gasteiger charge is 2.22. The number of aromatic nitrogens is 5. The molecule has 0 aliphatic heterocycles. The first kappa shape index (κ1) is 19.7. The summed E-state index contributed by atoms with van der Waals surface area (Å²) >= 11 is 5.86. The summed E-state index contributed by atoms with van der Waals surface area (Å²) in [6.07, 6.45) is 3.07. The first-order chi connectivity index (χ1) is 14.2. The van der Waals surface area contributed by atoms with Gasteiger partial charge in [0.15, 0.2) is 11.5 Å². The number of rotatable bonds is 3. The predicted molar refractivity (Wildman–Crippen MR) is 111 cm³/mol. The molecule has 0 aliphatic carbocycles. The fraction of sp³-hybridized carbons (Fsp3) is 0.150. The maximum Gasteiger partial charge on any atom is 0.281 e. The van der Waals surface area contributed by atoms with Crippen molar-refractivity contribution >= 4 is 34.4 Å². The number of aryl methyl sites for hydroxylation is 3. The normalized spacial score (nSPS) is 11.1. The van der Waals surface area contributed by atoms with E-state index in [1.807, 2.05) is 6.92 Å². The standard InChI is InChI=1S/C20H16ClFN6O2/c1-10-6-15-17(24-11(10)2)19(29)18(20(30)25-16-8-27(3)9-23-16)26-28(15)14-5-4-12(21)7-13(14)22/h4-9H,1-3H3,(H,25,30). The SMILES string of the molecule is Cc1cc2c(nc1C)c(=O)c(C(=O)Nc1cn(C)cn1)nn2-c1ccc(Cl)cc1F. The number of hydrogen-bond donors (Lipinski definition) is 1. The number of anilines is 1. The van der Waals surface area contributed by atoms with Gasteiger partial charge in [-0.05, 0) is 43.7 Å². The molecule has 1 aromatic carbocycles. The fourth-order valence-corrected chi connectivity index (χ4v) is 3.13. The Morgan fingerprint density at radius 1 is 1.23 bits per heavy atom. The van der Waals surface area contributed by atoms with Crippen LogP contribution >= 0.6 is 11.6 Å². The molecule has 10 heteroatoms. The maximum absolute atomic E-state index is 14.7. The zero-order valence-corrected chi connectivity index (χ0v) is 17.0. The molecule has 152 valence electrons. The van der Waals surface area contributed by atoms with E-state index in [1.165, 1.54) is 23.1 Å². The van der Waals surface area contributed by atoms with Gasteiger partial charge in [0.25, 0.3) is 5.91 Å². The van der Waals surface area contributed by atoms with E-state index < -0.39 is 22.8 Å². The number of carbonyl (C=O) groups is 1. The fourth-order valence-electron chi connectivity index (χ4n) is 2.97. The summed E-state index contributed by atoms with van der Waals surface area (Å²) in [7, 11) is 1.74. The smallest absolute Gasteiger partial charge is 0.281 e. The Labute approximate surface area is 175 Å². The Hall–Kier alpha value is -3.59. The van der Waals surface area contributed by atoms with Crippen LogP contribution in [0, 0.1) is 19.7 Å². The summed E-state index contributed by atoms with van der Waals surface area (Å²) in [5.74, 6) is -1.18. The summed E-state index contributed by atoms with van der Waals surface area (Å²) in [5.41, 5.74) is 0.626. The Morgan fingerprint density at radius 3 is 2.67 bits per heavy atom. The molecule has 3 heterocycles. The summed E-state index contributed by atoms with van der Waals surface area (Å²) in [4.78, 5) is 34.1. The number of pyridine rings is 1. The molecular formula is C20H16ClFN6O2. The Kier molecular flexibility index (Phi) is 4.83. The van der Waals surface area contributed by atoms with Crippen LogP contribution in [0.15, 0.2) is 41.6 Å². The second kappa shape index (κ2) is 7.34. The molecule has 0 saturated carbocycles. The molecule has 0 saturated heterocycles. The molecule has 30 heavy (non-hydrogen) atoms.